The van der Waals surface area contributed by atoms with E-state index in [9.17, 15) is 14.7 Å². The number of carboxylic acids is 1. The summed E-state index contributed by atoms with van der Waals surface area (Å²) in [5.41, 5.74) is 0.288. The Kier molecular flexibility index (Phi) is 4.68. The number of amides is 2. The highest BCUT2D eigenvalue weighted by molar-refractivity contribution is 6.31. The molecule has 1 aromatic carbocycles. The Morgan fingerprint density at radius 2 is 1.81 bits per heavy atom. The number of benzene rings is 1. The van der Waals surface area contributed by atoms with E-state index in [0.29, 0.717) is 0 Å². The van der Waals surface area contributed by atoms with Crippen molar-refractivity contribution >= 4 is 29.5 Å². The van der Waals surface area contributed by atoms with Crippen LogP contribution in [0.5, 0.6) is 0 Å². The van der Waals surface area contributed by atoms with Crippen LogP contribution < -0.4 is 10.6 Å². The van der Waals surface area contributed by atoms with E-state index in [0.717, 1.165) is 0 Å². The molecule has 0 radical (unpaired) electrons. The van der Waals surface area contributed by atoms with Crippen molar-refractivity contribution in [2.75, 3.05) is 5.32 Å². The van der Waals surface area contributed by atoms with Crippen LogP contribution in [0.15, 0.2) is 42.7 Å². The number of hydrogen-bond acceptors (Lipinski definition) is 4. The number of rotatable bonds is 4. The minimum atomic E-state index is -1.28. The Morgan fingerprint density at radius 3 is 2.43 bits per heavy atom. The molecule has 0 aliphatic heterocycles. The fraction of sp³-hybridized carbons (Fsp3) is 0.0769. The van der Waals surface area contributed by atoms with Gasteiger partial charge in [0.05, 0.1) is 0 Å². The van der Waals surface area contributed by atoms with Crippen LogP contribution in [-0.4, -0.2) is 27.1 Å². The molecule has 0 spiro atoms. The van der Waals surface area contributed by atoms with E-state index in [1.807, 2.05) is 0 Å². The fourth-order valence-electron chi connectivity index (χ4n) is 1.61. The summed E-state index contributed by atoms with van der Waals surface area (Å²) in [7, 11) is 0. The van der Waals surface area contributed by atoms with Crippen LogP contribution in [0.2, 0.25) is 5.02 Å². The van der Waals surface area contributed by atoms with E-state index < -0.39 is 18.0 Å². The number of nitrogens with one attached hydrogen (secondary N) is 2. The molecule has 0 aliphatic carbocycles. The lowest BCUT2D eigenvalue weighted by Crippen LogP contribution is -2.37. The zero-order valence-corrected chi connectivity index (χ0v) is 11.4. The van der Waals surface area contributed by atoms with Gasteiger partial charge in [-0.3, -0.25) is 5.32 Å². The van der Waals surface area contributed by atoms with Gasteiger partial charge < -0.3 is 10.4 Å². The first-order chi connectivity index (χ1) is 10.1. The van der Waals surface area contributed by atoms with Gasteiger partial charge in [0.15, 0.2) is 6.04 Å². The Hall–Kier alpha value is -2.67. The van der Waals surface area contributed by atoms with Crippen molar-refractivity contribution < 1.29 is 14.7 Å². The van der Waals surface area contributed by atoms with Gasteiger partial charge in [0, 0.05) is 23.0 Å². The van der Waals surface area contributed by atoms with Gasteiger partial charge >= 0.3 is 12.0 Å². The molecule has 1 aromatic heterocycles. The minimum absolute atomic E-state index is 0.0679. The summed E-state index contributed by atoms with van der Waals surface area (Å²) < 4.78 is 0. The predicted molar refractivity (Wildman–Crippen MR) is 76.0 cm³/mol. The molecule has 0 saturated heterocycles. The molecule has 1 atom stereocenters. The monoisotopic (exact) mass is 306 g/mol. The molecule has 0 fully saturated rings. The van der Waals surface area contributed by atoms with Gasteiger partial charge in [0.1, 0.15) is 0 Å². The molecule has 0 saturated carbocycles. The highest BCUT2D eigenvalue weighted by atomic mass is 35.5. The average Bonchev–Trinajstić information content (AvgIpc) is 2.46. The van der Waals surface area contributed by atoms with Gasteiger partial charge in [-0.05, 0) is 12.1 Å². The first-order valence-corrected chi connectivity index (χ1v) is 6.27. The van der Waals surface area contributed by atoms with Crippen molar-refractivity contribution in [2.45, 2.75) is 6.04 Å². The predicted octanol–water partition coefficient (Wildman–Crippen LogP) is 2.08. The second-order valence-electron chi connectivity index (χ2n) is 3.96. The zero-order chi connectivity index (χ0) is 15.2. The number of urea groups is 1. The number of carboxylic acid groups (broad SMARTS) is 1. The van der Waals surface area contributed by atoms with Crippen LogP contribution in [0.1, 0.15) is 11.6 Å². The molecule has 0 aliphatic rings. The largest absolute Gasteiger partial charge is 0.479 e. The third-order valence-corrected chi connectivity index (χ3v) is 2.87. The van der Waals surface area contributed by atoms with Crippen LogP contribution in [0.4, 0.5) is 10.7 Å². The summed E-state index contributed by atoms with van der Waals surface area (Å²) >= 11 is 5.95. The molecular weight excluding hydrogens is 296 g/mol. The summed E-state index contributed by atoms with van der Waals surface area (Å²) in [4.78, 5) is 30.7. The van der Waals surface area contributed by atoms with Crippen molar-refractivity contribution in [1.29, 1.82) is 0 Å². The third-order valence-electron chi connectivity index (χ3n) is 2.53. The lowest BCUT2D eigenvalue weighted by Gasteiger charge is -2.16. The Labute approximate surface area is 125 Å². The summed E-state index contributed by atoms with van der Waals surface area (Å²) in [6.45, 7) is 0. The molecule has 8 heteroatoms. The van der Waals surface area contributed by atoms with E-state index in [4.69, 9.17) is 11.6 Å². The Bertz CT molecular complexity index is 651. The van der Waals surface area contributed by atoms with Crippen LogP contribution >= 0.6 is 11.6 Å². The van der Waals surface area contributed by atoms with Crippen molar-refractivity contribution in [3.05, 3.63) is 53.3 Å². The SMILES string of the molecule is O=C(Nc1ncccn1)N[C@@H](C(=O)O)c1ccccc1Cl. The standard InChI is InChI=1S/C13H11ClN4O3/c14-9-5-2-1-4-8(9)10(11(19)20)17-13(21)18-12-15-6-3-7-16-12/h1-7,10H,(H,19,20)(H2,15,16,17,18,21)/t10-/m1/s1. The first-order valence-electron chi connectivity index (χ1n) is 5.89. The summed E-state index contributed by atoms with van der Waals surface area (Å²) in [5, 5.41) is 14.1. The summed E-state index contributed by atoms with van der Waals surface area (Å²) in [6.07, 6.45) is 2.90. The highest BCUT2D eigenvalue weighted by Gasteiger charge is 2.24. The molecular formula is C13H11ClN4O3. The van der Waals surface area contributed by atoms with Crippen molar-refractivity contribution in [3.8, 4) is 0 Å². The molecule has 1 heterocycles. The first kappa shape index (κ1) is 14.7. The topological polar surface area (TPSA) is 104 Å². The number of nitrogens with zero attached hydrogens (tertiary/aromatic N) is 2. The number of carbonyl (C=O) groups is 2. The summed E-state index contributed by atoms with van der Waals surface area (Å²) in [5.74, 6) is -1.16. The van der Waals surface area contributed by atoms with Crippen LogP contribution in [0.3, 0.4) is 0 Å². The maximum absolute atomic E-state index is 11.8. The lowest BCUT2D eigenvalue weighted by atomic mass is 10.1. The molecule has 21 heavy (non-hydrogen) atoms. The quantitative estimate of drug-likeness (QED) is 0.802. The molecule has 2 rings (SSSR count). The van der Waals surface area contributed by atoms with Crippen molar-refractivity contribution in [2.24, 2.45) is 0 Å². The lowest BCUT2D eigenvalue weighted by molar-refractivity contribution is -0.139. The van der Waals surface area contributed by atoms with Crippen LogP contribution in [0.25, 0.3) is 0 Å². The zero-order valence-electron chi connectivity index (χ0n) is 10.7. The van der Waals surface area contributed by atoms with E-state index in [2.05, 4.69) is 20.6 Å². The molecule has 7 nitrogen and oxygen atoms in total. The number of aromatic nitrogens is 2. The summed E-state index contributed by atoms with van der Waals surface area (Å²) in [6, 6.07) is 5.95. The number of aliphatic carboxylic acids is 1. The van der Waals surface area contributed by atoms with E-state index in [1.165, 1.54) is 18.5 Å². The van der Waals surface area contributed by atoms with Gasteiger partial charge in [-0.2, -0.15) is 0 Å². The van der Waals surface area contributed by atoms with Crippen LogP contribution in [-0.2, 0) is 4.79 Å². The molecule has 3 N–H and O–H groups in total. The van der Waals surface area contributed by atoms with E-state index in [-0.39, 0.29) is 16.5 Å². The Balaban J connectivity index is 2.12. The van der Waals surface area contributed by atoms with Gasteiger partial charge in [0.2, 0.25) is 5.95 Å². The van der Waals surface area contributed by atoms with E-state index >= 15 is 0 Å². The number of halogens is 1. The normalized spacial score (nSPS) is 11.5. The number of carbonyl (C=O) groups excluding carboxylic acids is 1. The second kappa shape index (κ2) is 6.67. The molecule has 108 valence electrons. The molecule has 2 amide bonds. The van der Waals surface area contributed by atoms with Crippen molar-refractivity contribution in [1.82, 2.24) is 15.3 Å². The van der Waals surface area contributed by atoms with E-state index in [1.54, 1.807) is 24.3 Å². The molecule has 2 aromatic rings. The van der Waals surface area contributed by atoms with Gasteiger partial charge in [-0.1, -0.05) is 29.8 Å². The Morgan fingerprint density at radius 1 is 1.14 bits per heavy atom. The molecule has 0 unspecified atom stereocenters. The minimum Gasteiger partial charge on any atom is -0.479 e. The second-order valence-corrected chi connectivity index (χ2v) is 4.37. The smallest absolute Gasteiger partial charge is 0.331 e. The van der Waals surface area contributed by atoms with Crippen molar-refractivity contribution in [3.63, 3.8) is 0 Å². The van der Waals surface area contributed by atoms with Crippen LogP contribution in [0, 0.1) is 0 Å². The van der Waals surface area contributed by atoms with Gasteiger partial charge in [0.25, 0.3) is 0 Å². The maximum Gasteiger partial charge on any atom is 0.331 e. The highest BCUT2D eigenvalue weighted by Crippen LogP contribution is 2.22. The van der Waals surface area contributed by atoms with Gasteiger partial charge in [-0.15, -0.1) is 0 Å². The number of anilines is 1. The average molecular weight is 307 g/mol. The number of hydrogen-bond donors (Lipinski definition) is 3. The maximum atomic E-state index is 11.8. The fourth-order valence-corrected chi connectivity index (χ4v) is 1.86. The third kappa shape index (κ3) is 3.90. The molecule has 0 bridgehead atoms. The van der Waals surface area contributed by atoms with Gasteiger partial charge in [-0.25, -0.2) is 19.6 Å².